The molecule has 45 heavy (non-hydrogen) atoms. The summed E-state index contributed by atoms with van der Waals surface area (Å²) in [6.45, 7) is 12.7. The minimum Gasteiger partial charge on any atom is -0.491 e. The number of aryl methyl sites for hydroxylation is 1. The Balaban J connectivity index is 0.998. The van der Waals surface area contributed by atoms with Crippen molar-refractivity contribution in [2.45, 2.75) is 58.5 Å². The van der Waals surface area contributed by atoms with Crippen LogP contribution in [0.15, 0.2) is 77.9 Å². The Kier molecular flexibility index (Phi) is 9.21. The largest absolute Gasteiger partial charge is 0.491 e. The van der Waals surface area contributed by atoms with Crippen molar-refractivity contribution in [3.8, 4) is 11.4 Å². The fraction of sp³-hybridized carbons (Fsp3) is 0.429. The van der Waals surface area contributed by atoms with E-state index >= 15 is 0 Å². The van der Waals surface area contributed by atoms with E-state index < -0.39 is 5.79 Å². The molecule has 238 valence electrons. The van der Waals surface area contributed by atoms with Crippen molar-refractivity contribution in [3.63, 3.8) is 0 Å². The van der Waals surface area contributed by atoms with Crippen LogP contribution >= 0.6 is 11.6 Å². The summed E-state index contributed by atoms with van der Waals surface area (Å²) < 4.78 is 21.9. The lowest BCUT2D eigenvalue weighted by Crippen LogP contribution is -2.46. The van der Waals surface area contributed by atoms with E-state index in [-0.39, 0.29) is 17.8 Å². The van der Waals surface area contributed by atoms with Crippen LogP contribution in [0.4, 0.5) is 11.4 Å². The molecule has 0 radical (unpaired) electrons. The van der Waals surface area contributed by atoms with Crippen LogP contribution in [0.3, 0.4) is 0 Å². The third-order valence-electron chi connectivity index (χ3n) is 9.04. The van der Waals surface area contributed by atoms with Crippen LogP contribution in [0.1, 0.15) is 50.8 Å². The quantitative estimate of drug-likeness (QED) is 0.202. The normalized spacial score (nSPS) is 20.9. The molecule has 2 saturated heterocycles. The highest BCUT2D eigenvalue weighted by Gasteiger charge is 2.43. The third-order valence-corrected chi connectivity index (χ3v) is 9.27. The van der Waals surface area contributed by atoms with Crippen molar-refractivity contribution in [2.24, 2.45) is 0 Å². The molecule has 0 aliphatic carbocycles. The number of piperazine rings is 1. The summed E-state index contributed by atoms with van der Waals surface area (Å²) >= 11 is 6.17. The zero-order chi connectivity index (χ0) is 31.6. The molecular weight excluding hydrogens is 590 g/mol. The summed E-state index contributed by atoms with van der Waals surface area (Å²) in [7, 11) is 0. The van der Waals surface area contributed by atoms with Gasteiger partial charge >= 0.3 is 5.69 Å². The fourth-order valence-electron chi connectivity index (χ4n) is 6.18. The maximum Gasteiger partial charge on any atom is 0.350 e. The number of anilines is 2. The number of aromatic nitrogens is 3. The highest BCUT2D eigenvalue weighted by atomic mass is 35.5. The Hall–Kier alpha value is -3.79. The molecule has 0 N–H and O–H groups in total. The zero-order valence-corrected chi connectivity index (χ0v) is 27.2. The molecule has 2 aliphatic heterocycles. The van der Waals surface area contributed by atoms with E-state index in [9.17, 15) is 4.79 Å². The SMILES string of the molecule is CCC(C)n1ncn(-c2ccc(N3CCN(c4ccc(OCC5CO[C@](CC)(c6ccc(Cl)cc6C)O5)cc4)CC3)cc2)c1=O. The van der Waals surface area contributed by atoms with E-state index in [1.807, 2.05) is 56.3 Å². The highest BCUT2D eigenvalue weighted by Crippen LogP contribution is 2.39. The second-order valence-corrected chi connectivity index (χ2v) is 12.3. The van der Waals surface area contributed by atoms with Gasteiger partial charge in [0, 0.05) is 54.6 Å². The van der Waals surface area contributed by atoms with Gasteiger partial charge < -0.3 is 24.0 Å². The number of rotatable bonds is 10. The number of hydrogen-bond donors (Lipinski definition) is 0. The number of ether oxygens (including phenoxy) is 3. The minimum absolute atomic E-state index is 0.0759. The van der Waals surface area contributed by atoms with Crippen molar-refractivity contribution >= 4 is 23.0 Å². The van der Waals surface area contributed by atoms with Crippen molar-refractivity contribution in [1.82, 2.24) is 14.3 Å². The maximum absolute atomic E-state index is 12.8. The minimum atomic E-state index is -0.770. The number of hydrogen-bond acceptors (Lipinski definition) is 7. The molecule has 2 aliphatic rings. The van der Waals surface area contributed by atoms with Gasteiger partial charge in [-0.1, -0.05) is 31.5 Å². The number of nitrogens with zero attached hydrogens (tertiary/aromatic N) is 5. The third kappa shape index (κ3) is 6.48. The van der Waals surface area contributed by atoms with E-state index in [1.165, 1.54) is 5.69 Å². The van der Waals surface area contributed by atoms with Crippen molar-refractivity contribution < 1.29 is 14.2 Å². The Morgan fingerprint density at radius 1 is 0.956 bits per heavy atom. The number of benzene rings is 3. The predicted molar refractivity (Wildman–Crippen MR) is 178 cm³/mol. The molecule has 3 heterocycles. The first-order valence-corrected chi connectivity index (χ1v) is 16.3. The van der Waals surface area contributed by atoms with Crippen LogP contribution < -0.4 is 20.2 Å². The average molecular weight is 632 g/mol. The molecule has 0 spiro atoms. The van der Waals surface area contributed by atoms with Crippen LogP contribution in [0.2, 0.25) is 5.02 Å². The second-order valence-electron chi connectivity index (χ2n) is 11.9. The lowest BCUT2D eigenvalue weighted by atomic mass is 9.98. The molecule has 9 nitrogen and oxygen atoms in total. The first kappa shape index (κ1) is 31.2. The van der Waals surface area contributed by atoms with Crippen molar-refractivity contribution in [3.05, 3.63) is 99.7 Å². The molecule has 10 heteroatoms. The summed E-state index contributed by atoms with van der Waals surface area (Å²) in [5, 5.41) is 5.01. The number of halogens is 1. The second kappa shape index (κ2) is 13.3. The van der Waals surface area contributed by atoms with Crippen LogP contribution in [0.5, 0.6) is 5.75 Å². The molecular formula is C35H42ClN5O4. The van der Waals surface area contributed by atoms with Gasteiger partial charge in [0.15, 0.2) is 5.79 Å². The smallest absolute Gasteiger partial charge is 0.350 e. The van der Waals surface area contributed by atoms with Gasteiger partial charge in [-0.3, -0.25) is 0 Å². The monoisotopic (exact) mass is 631 g/mol. The van der Waals surface area contributed by atoms with Crippen molar-refractivity contribution in [1.29, 1.82) is 0 Å². The van der Waals surface area contributed by atoms with E-state index in [0.717, 1.165) is 60.9 Å². The summed E-state index contributed by atoms with van der Waals surface area (Å²) in [6, 6.07) is 22.4. The Labute approximate surface area is 269 Å². The molecule has 4 aromatic rings. The first-order chi connectivity index (χ1) is 21.8. The van der Waals surface area contributed by atoms with Crippen LogP contribution in [-0.2, 0) is 15.3 Å². The van der Waals surface area contributed by atoms with Crippen molar-refractivity contribution in [2.75, 3.05) is 49.2 Å². The van der Waals surface area contributed by atoms with E-state index in [2.05, 4.69) is 53.0 Å². The summed E-state index contributed by atoms with van der Waals surface area (Å²) in [6.07, 6.45) is 3.00. The maximum atomic E-state index is 12.8. The molecule has 3 aromatic carbocycles. The summed E-state index contributed by atoms with van der Waals surface area (Å²) in [5.74, 6) is 0.0413. The van der Waals surface area contributed by atoms with Gasteiger partial charge in [0.05, 0.1) is 18.3 Å². The standard InChI is InChI=1S/C35H42ClN5O4/c1-5-26(4)41-34(42)40(24-37-41)30-10-8-28(9-11-30)38-17-19-39(20-18-38)29-12-14-31(15-13-29)43-22-32-23-44-35(6-2,45-32)33-16-7-27(36)21-25(33)3/h7-16,21,24,26,32H,5-6,17-20,22-23H2,1-4H3/t26?,32?,35-/m0/s1. The van der Waals surface area contributed by atoms with Crippen LogP contribution in [-0.4, -0.2) is 59.8 Å². The van der Waals surface area contributed by atoms with Gasteiger partial charge in [-0.2, -0.15) is 5.10 Å². The molecule has 3 atom stereocenters. The molecule has 2 fully saturated rings. The predicted octanol–water partition coefficient (Wildman–Crippen LogP) is 6.35. The molecule has 2 unspecified atom stereocenters. The summed E-state index contributed by atoms with van der Waals surface area (Å²) in [5.41, 5.74) is 5.12. The van der Waals surface area contributed by atoms with Gasteiger partial charge in [0.25, 0.3) is 0 Å². The average Bonchev–Trinajstić information content (AvgIpc) is 3.68. The first-order valence-electron chi connectivity index (χ1n) is 15.9. The Morgan fingerprint density at radius 2 is 1.58 bits per heavy atom. The van der Waals surface area contributed by atoms with E-state index in [1.54, 1.807) is 15.6 Å². The van der Waals surface area contributed by atoms with Crippen LogP contribution in [0, 0.1) is 6.92 Å². The Morgan fingerprint density at radius 3 is 2.18 bits per heavy atom. The van der Waals surface area contributed by atoms with E-state index in [0.29, 0.717) is 24.7 Å². The molecule has 6 rings (SSSR count). The lowest BCUT2D eigenvalue weighted by Gasteiger charge is -2.37. The summed E-state index contributed by atoms with van der Waals surface area (Å²) in [4.78, 5) is 17.6. The van der Waals surface area contributed by atoms with Gasteiger partial charge in [0.1, 0.15) is 24.8 Å². The molecule has 0 bridgehead atoms. The molecule has 1 aromatic heterocycles. The zero-order valence-electron chi connectivity index (χ0n) is 26.5. The Bertz CT molecular complexity index is 1650. The highest BCUT2D eigenvalue weighted by molar-refractivity contribution is 6.30. The fourth-order valence-corrected chi connectivity index (χ4v) is 6.40. The van der Waals surface area contributed by atoms with E-state index in [4.69, 9.17) is 25.8 Å². The topological polar surface area (TPSA) is 74.0 Å². The van der Waals surface area contributed by atoms with Gasteiger partial charge in [-0.15, -0.1) is 0 Å². The van der Waals surface area contributed by atoms with Crippen LogP contribution in [0.25, 0.3) is 5.69 Å². The lowest BCUT2D eigenvalue weighted by molar-refractivity contribution is -0.181. The van der Waals surface area contributed by atoms with Gasteiger partial charge in [-0.25, -0.2) is 14.0 Å². The molecule has 0 amide bonds. The molecule has 0 saturated carbocycles. The van der Waals surface area contributed by atoms with Gasteiger partial charge in [0.2, 0.25) is 0 Å². The van der Waals surface area contributed by atoms with Gasteiger partial charge in [-0.05, 0) is 86.5 Å².